The zero-order valence-corrected chi connectivity index (χ0v) is 12.2. The second-order valence-corrected chi connectivity index (χ2v) is 4.90. The average molecular weight is 300 g/mol. The van der Waals surface area contributed by atoms with Crippen molar-refractivity contribution < 1.29 is 14.0 Å². The van der Waals surface area contributed by atoms with Crippen molar-refractivity contribution in [3.8, 4) is 0 Å². The second kappa shape index (κ2) is 7.36. The molecule has 0 aliphatic carbocycles. The van der Waals surface area contributed by atoms with Gasteiger partial charge in [-0.15, -0.1) is 0 Å². The molecule has 5 heteroatoms. The van der Waals surface area contributed by atoms with Gasteiger partial charge in [-0.3, -0.25) is 4.79 Å². The predicted molar refractivity (Wildman–Crippen MR) is 83.6 cm³/mol. The van der Waals surface area contributed by atoms with Crippen molar-refractivity contribution in [3.63, 3.8) is 0 Å². The number of Topliss-reactive ketones (excluding diaryl/α,β-unsaturated/α-hetero) is 1. The maximum Gasteiger partial charge on any atom is 0.319 e. The van der Waals surface area contributed by atoms with E-state index in [1.807, 2.05) is 0 Å². The molecule has 0 aliphatic rings. The Labute approximate surface area is 128 Å². The summed E-state index contributed by atoms with van der Waals surface area (Å²) in [6, 6.07) is 12.6. The molecule has 0 radical (unpaired) electrons. The van der Waals surface area contributed by atoms with Gasteiger partial charge in [0.1, 0.15) is 5.82 Å². The van der Waals surface area contributed by atoms with Gasteiger partial charge < -0.3 is 10.6 Å². The Kier molecular flexibility index (Phi) is 5.25. The van der Waals surface area contributed by atoms with E-state index in [0.29, 0.717) is 24.2 Å². The first-order valence-electron chi connectivity index (χ1n) is 6.95. The predicted octanol–water partition coefficient (Wildman–Crippen LogP) is 3.39. The van der Waals surface area contributed by atoms with Crippen LogP contribution in [0.2, 0.25) is 0 Å². The third-order valence-electron chi connectivity index (χ3n) is 3.12. The van der Waals surface area contributed by atoms with Gasteiger partial charge >= 0.3 is 6.03 Å². The first-order chi connectivity index (χ1) is 10.5. The highest BCUT2D eigenvalue weighted by atomic mass is 19.1. The molecule has 114 valence electrons. The number of anilines is 1. The van der Waals surface area contributed by atoms with Gasteiger partial charge in [0.25, 0.3) is 0 Å². The Balaban J connectivity index is 1.83. The molecule has 2 amide bonds. The Morgan fingerprint density at radius 3 is 2.59 bits per heavy atom. The van der Waals surface area contributed by atoms with Gasteiger partial charge in [0.15, 0.2) is 5.78 Å². The fourth-order valence-corrected chi connectivity index (χ4v) is 2.00. The minimum Gasteiger partial charge on any atom is -0.338 e. The van der Waals surface area contributed by atoms with Crippen molar-refractivity contribution in [1.29, 1.82) is 0 Å². The summed E-state index contributed by atoms with van der Waals surface area (Å²) in [7, 11) is 0. The van der Waals surface area contributed by atoms with Crippen molar-refractivity contribution in [2.75, 3.05) is 11.9 Å². The SMILES string of the molecule is CC(=O)c1cccc(NC(=O)NCCc2cccc(F)c2)c1. The second-order valence-electron chi connectivity index (χ2n) is 4.90. The van der Waals surface area contributed by atoms with Crippen LogP contribution in [0.15, 0.2) is 48.5 Å². The van der Waals surface area contributed by atoms with E-state index in [2.05, 4.69) is 10.6 Å². The Morgan fingerprint density at radius 1 is 1.09 bits per heavy atom. The molecule has 0 saturated carbocycles. The zero-order chi connectivity index (χ0) is 15.9. The van der Waals surface area contributed by atoms with Crippen molar-refractivity contribution in [2.24, 2.45) is 0 Å². The number of amides is 2. The minimum atomic E-state index is -0.364. The third kappa shape index (κ3) is 4.70. The normalized spacial score (nSPS) is 10.1. The van der Waals surface area contributed by atoms with Crippen molar-refractivity contribution in [2.45, 2.75) is 13.3 Å². The molecule has 0 unspecified atom stereocenters. The summed E-state index contributed by atoms with van der Waals surface area (Å²) < 4.78 is 13.0. The maximum absolute atomic E-state index is 13.0. The van der Waals surface area contributed by atoms with Crippen LogP contribution in [0, 0.1) is 5.82 Å². The van der Waals surface area contributed by atoms with Crippen molar-refractivity contribution >= 4 is 17.5 Å². The molecule has 0 heterocycles. The fourth-order valence-electron chi connectivity index (χ4n) is 2.00. The summed E-state index contributed by atoms with van der Waals surface area (Å²) in [5.41, 5.74) is 1.91. The number of nitrogens with one attached hydrogen (secondary N) is 2. The molecular weight excluding hydrogens is 283 g/mol. The van der Waals surface area contributed by atoms with E-state index < -0.39 is 0 Å². The minimum absolute atomic E-state index is 0.0600. The number of rotatable bonds is 5. The Hall–Kier alpha value is -2.69. The van der Waals surface area contributed by atoms with Crippen LogP contribution in [-0.4, -0.2) is 18.4 Å². The van der Waals surface area contributed by atoms with Crippen LogP contribution >= 0.6 is 0 Å². The van der Waals surface area contributed by atoms with E-state index in [1.165, 1.54) is 19.1 Å². The van der Waals surface area contributed by atoms with Gasteiger partial charge in [-0.1, -0.05) is 24.3 Å². The molecule has 0 atom stereocenters. The Morgan fingerprint density at radius 2 is 1.86 bits per heavy atom. The van der Waals surface area contributed by atoms with Crippen molar-refractivity contribution in [1.82, 2.24) is 5.32 Å². The van der Waals surface area contributed by atoms with Crippen LogP contribution in [0.4, 0.5) is 14.9 Å². The molecule has 2 rings (SSSR count). The molecule has 0 fully saturated rings. The number of carbonyl (C=O) groups is 2. The average Bonchev–Trinajstić information content (AvgIpc) is 2.47. The van der Waals surface area contributed by atoms with Gasteiger partial charge in [-0.25, -0.2) is 9.18 Å². The first kappa shape index (κ1) is 15.7. The Bertz CT molecular complexity index is 686. The van der Waals surface area contributed by atoms with Crippen molar-refractivity contribution in [3.05, 3.63) is 65.5 Å². The molecule has 0 aromatic heterocycles. The number of ketones is 1. The number of hydrogen-bond acceptors (Lipinski definition) is 2. The standard InChI is InChI=1S/C17H17FN2O2/c1-12(21)14-5-3-7-16(11-14)20-17(22)19-9-8-13-4-2-6-15(18)10-13/h2-7,10-11H,8-9H2,1H3,(H2,19,20,22). The molecule has 0 bridgehead atoms. The number of halogens is 1. The van der Waals surface area contributed by atoms with E-state index >= 15 is 0 Å². The summed E-state index contributed by atoms with van der Waals surface area (Å²) >= 11 is 0. The number of benzene rings is 2. The lowest BCUT2D eigenvalue weighted by Crippen LogP contribution is -2.30. The van der Waals surface area contributed by atoms with Gasteiger partial charge in [0.2, 0.25) is 0 Å². The van der Waals surface area contributed by atoms with Gasteiger partial charge in [-0.2, -0.15) is 0 Å². The molecule has 0 spiro atoms. The largest absolute Gasteiger partial charge is 0.338 e. The molecule has 0 saturated heterocycles. The topological polar surface area (TPSA) is 58.2 Å². The third-order valence-corrected chi connectivity index (χ3v) is 3.12. The molecule has 2 N–H and O–H groups in total. The fraction of sp³-hybridized carbons (Fsp3) is 0.176. The summed E-state index contributed by atoms with van der Waals surface area (Å²) in [6.45, 7) is 1.86. The van der Waals surface area contributed by atoms with Crippen LogP contribution in [0.5, 0.6) is 0 Å². The van der Waals surface area contributed by atoms with Crippen LogP contribution in [-0.2, 0) is 6.42 Å². The molecule has 2 aromatic carbocycles. The lowest BCUT2D eigenvalue weighted by Gasteiger charge is -2.08. The van der Waals surface area contributed by atoms with Crippen LogP contribution in [0.3, 0.4) is 0 Å². The smallest absolute Gasteiger partial charge is 0.319 e. The van der Waals surface area contributed by atoms with Crippen LogP contribution in [0.25, 0.3) is 0 Å². The van der Waals surface area contributed by atoms with E-state index in [-0.39, 0.29) is 17.6 Å². The summed E-state index contributed by atoms with van der Waals surface area (Å²) in [5, 5.41) is 5.35. The first-order valence-corrected chi connectivity index (χ1v) is 6.95. The molecular formula is C17H17FN2O2. The van der Waals surface area contributed by atoms with Crippen LogP contribution in [0.1, 0.15) is 22.8 Å². The molecule has 4 nitrogen and oxygen atoms in total. The van der Waals surface area contributed by atoms with E-state index in [1.54, 1.807) is 36.4 Å². The molecule has 22 heavy (non-hydrogen) atoms. The summed E-state index contributed by atoms with van der Waals surface area (Å²) in [5.74, 6) is -0.349. The van der Waals surface area contributed by atoms with E-state index in [0.717, 1.165) is 5.56 Å². The van der Waals surface area contributed by atoms with E-state index in [4.69, 9.17) is 0 Å². The van der Waals surface area contributed by atoms with Crippen LogP contribution < -0.4 is 10.6 Å². The number of hydrogen-bond donors (Lipinski definition) is 2. The monoisotopic (exact) mass is 300 g/mol. The lowest BCUT2D eigenvalue weighted by molar-refractivity contribution is 0.101. The van der Waals surface area contributed by atoms with Gasteiger partial charge in [0, 0.05) is 17.8 Å². The maximum atomic E-state index is 13.0. The van der Waals surface area contributed by atoms with Gasteiger partial charge in [-0.05, 0) is 43.2 Å². The number of carbonyl (C=O) groups excluding carboxylic acids is 2. The summed E-state index contributed by atoms with van der Waals surface area (Å²) in [6.07, 6.45) is 0.540. The van der Waals surface area contributed by atoms with E-state index in [9.17, 15) is 14.0 Å². The molecule has 2 aromatic rings. The van der Waals surface area contributed by atoms with Gasteiger partial charge in [0.05, 0.1) is 0 Å². The number of urea groups is 1. The highest BCUT2D eigenvalue weighted by Gasteiger charge is 2.04. The zero-order valence-electron chi connectivity index (χ0n) is 12.2. The highest BCUT2D eigenvalue weighted by molar-refractivity contribution is 5.96. The highest BCUT2D eigenvalue weighted by Crippen LogP contribution is 2.11. The summed E-state index contributed by atoms with van der Waals surface area (Å²) in [4.78, 5) is 23.1. The lowest BCUT2D eigenvalue weighted by atomic mass is 10.1. The quantitative estimate of drug-likeness (QED) is 0.832. The molecule has 0 aliphatic heterocycles.